The van der Waals surface area contributed by atoms with Gasteiger partial charge in [0.25, 0.3) is 5.91 Å². The standard InChI is InChI=1S/C12H13ClN4OS/c1-7(11-16-17-12(19-11)10(14)18)15-6-8-2-4-9(13)5-3-8/h2-5,7,15H,6H2,1H3,(H2,14,18). The summed E-state index contributed by atoms with van der Waals surface area (Å²) in [6.07, 6.45) is 0. The van der Waals surface area contributed by atoms with E-state index >= 15 is 0 Å². The van der Waals surface area contributed by atoms with Crippen molar-refractivity contribution in [2.75, 3.05) is 0 Å². The van der Waals surface area contributed by atoms with Crippen molar-refractivity contribution in [3.8, 4) is 0 Å². The fourth-order valence-corrected chi connectivity index (χ4v) is 2.32. The molecule has 0 aliphatic heterocycles. The minimum atomic E-state index is -0.548. The second-order valence-corrected chi connectivity index (χ2v) is 5.48. The van der Waals surface area contributed by atoms with Gasteiger partial charge in [0, 0.05) is 11.6 Å². The van der Waals surface area contributed by atoms with Crippen molar-refractivity contribution in [2.45, 2.75) is 19.5 Å². The van der Waals surface area contributed by atoms with E-state index in [2.05, 4.69) is 15.5 Å². The van der Waals surface area contributed by atoms with Gasteiger partial charge in [-0.25, -0.2) is 0 Å². The molecule has 100 valence electrons. The van der Waals surface area contributed by atoms with E-state index in [0.717, 1.165) is 10.6 Å². The maximum absolute atomic E-state index is 10.9. The Hall–Kier alpha value is -1.50. The highest BCUT2D eigenvalue weighted by atomic mass is 35.5. The highest BCUT2D eigenvalue weighted by molar-refractivity contribution is 7.13. The van der Waals surface area contributed by atoms with Gasteiger partial charge >= 0.3 is 0 Å². The SMILES string of the molecule is CC(NCc1ccc(Cl)cc1)c1nnc(C(N)=O)s1. The molecule has 1 atom stereocenters. The Morgan fingerprint density at radius 2 is 2.11 bits per heavy atom. The third-order valence-electron chi connectivity index (χ3n) is 2.55. The van der Waals surface area contributed by atoms with Gasteiger partial charge in [-0.1, -0.05) is 35.1 Å². The molecular weight excluding hydrogens is 284 g/mol. The van der Waals surface area contributed by atoms with Crippen LogP contribution in [-0.2, 0) is 6.54 Å². The van der Waals surface area contributed by atoms with E-state index in [4.69, 9.17) is 17.3 Å². The second-order valence-electron chi connectivity index (χ2n) is 4.04. The van der Waals surface area contributed by atoms with Crippen LogP contribution in [0.4, 0.5) is 0 Å². The van der Waals surface area contributed by atoms with Gasteiger partial charge in [0.05, 0.1) is 6.04 Å². The molecule has 1 heterocycles. The van der Waals surface area contributed by atoms with Crippen LogP contribution in [0.15, 0.2) is 24.3 Å². The number of benzene rings is 1. The van der Waals surface area contributed by atoms with Gasteiger partial charge in [0.1, 0.15) is 5.01 Å². The van der Waals surface area contributed by atoms with Crippen LogP contribution in [0.1, 0.15) is 33.3 Å². The topological polar surface area (TPSA) is 80.9 Å². The van der Waals surface area contributed by atoms with Crippen molar-refractivity contribution in [1.82, 2.24) is 15.5 Å². The van der Waals surface area contributed by atoms with Gasteiger partial charge in [-0.3, -0.25) is 4.79 Å². The molecule has 0 bridgehead atoms. The number of aromatic nitrogens is 2. The quantitative estimate of drug-likeness (QED) is 0.886. The molecule has 7 heteroatoms. The summed E-state index contributed by atoms with van der Waals surface area (Å²) in [5, 5.41) is 12.7. The first kappa shape index (κ1) is 13.9. The Morgan fingerprint density at radius 1 is 1.42 bits per heavy atom. The van der Waals surface area contributed by atoms with Gasteiger partial charge in [-0.15, -0.1) is 10.2 Å². The average molecular weight is 297 g/mol. The third-order valence-corrected chi connectivity index (χ3v) is 3.92. The van der Waals surface area contributed by atoms with Gasteiger partial charge in [-0.2, -0.15) is 0 Å². The van der Waals surface area contributed by atoms with E-state index in [1.54, 1.807) is 0 Å². The molecule has 19 heavy (non-hydrogen) atoms. The molecule has 3 N–H and O–H groups in total. The normalized spacial score (nSPS) is 12.3. The minimum absolute atomic E-state index is 0.00118. The number of carbonyl (C=O) groups excluding carboxylic acids is 1. The molecule has 2 rings (SSSR count). The van der Waals surface area contributed by atoms with E-state index in [1.807, 2.05) is 31.2 Å². The number of hydrogen-bond donors (Lipinski definition) is 2. The maximum Gasteiger partial charge on any atom is 0.279 e. The van der Waals surface area contributed by atoms with E-state index < -0.39 is 5.91 Å². The van der Waals surface area contributed by atoms with Gasteiger partial charge in [0.15, 0.2) is 0 Å². The molecule has 1 aromatic carbocycles. The fraction of sp³-hybridized carbons (Fsp3) is 0.250. The summed E-state index contributed by atoms with van der Waals surface area (Å²) in [6, 6.07) is 7.61. The second kappa shape index (κ2) is 6.10. The zero-order valence-corrected chi connectivity index (χ0v) is 11.8. The van der Waals surface area contributed by atoms with E-state index in [1.165, 1.54) is 11.3 Å². The molecule has 0 fully saturated rings. The summed E-state index contributed by atoms with van der Waals surface area (Å²) in [5.74, 6) is -0.548. The number of halogens is 1. The monoisotopic (exact) mass is 296 g/mol. The summed E-state index contributed by atoms with van der Waals surface area (Å²) in [7, 11) is 0. The zero-order chi connectivity index (χ0) is 13.8. The van der Waals surface area contributed by atoms with Crippen LogP contribution in [0.3, 0.4) is 0 Å². The number of rotatable bonds is 5. The Bertz CT molecular complexity index is 569. The van der Waals surface area contributed by atoms with Crippen LogP contribution in [0, 0.1) is 0 Å². The predicted octanol–water partition coefficient (Wildman–Crippen LogP) is 2.14. The molecular formula is C12H13ClN4OS. The average Bonchev–Trinajstić information content (AvgIpc) is 2.87. The van der Waals surface area contributed by atoms with Crippen LogP contribution in [0.5, 0.6) is 0 Å². The lowest BCUT2D eigenvalue weighted by Gasteiger charge is -2.10. The van der Waals surface area contributed by atoms with Crippen LogP contribution in [0.25, 0.3) is 0 Å². The number of amides is 1. The van der Waals surface area contributed by atoms with Crippen molar-refractivity contribution < 1.29 is 4.79 Å². The van der Waals surface area contributed by atoms with Gasteiger partial charge in [-0.05, 0) is 24.6 Å². The first-order chi connectivity index (χ1) is 9.06. The largest absolute Gasteiger partial charge is 0.363 e. The molecule has 0 saturated carbocycles. The summed E-state index contributed by atoms with van der Waals surface area (Å²) in [6.45, 7) is 2.64. The first-order valence-corrected chi connectivity index (χ1v) is 6.86. The fourth-order valence-electron chi connectivity index (χ4n) is 1.47. The Kier molecular flexibility index (Phi) is 4.47. The molecule has 2 aromatic rings. The van der Waals surface area contributed by atoms with Crippen LogP contribution in [0.2, 0.25) is 5.02 Å². The molecule has 0 spiro atoms. The Morgan fingerprint density at radius 3 is 2.68 bits per heavy atom. The maximum atomic E-state index is 10.9. The number of primary amides is 1. The van der Waals surface area contributed by atoms with Crippen molar-refractivity contribution in [3.63, 3.8) is 0 Å². The molecule has 1 amide bonds. The highest BCUT2D eigenvalue weighted by Crippen LogP contribution is 2.18. The number of nitrogens with zero attached hydrogens (tertiary/aromatic N) is 2. The third kappa shape index (κ3) is 3.73. The molecule has 1 unspecified atom stereocenters. The summed E-state index contributed by atoms with van der Waals surface area (Å²) >= 11 is 7.03. The van der Waals surface area contributed by atoms with E-state index in [9.17, 15) is 4.79 Å². The smallest absolute Gasteiger partial charge is 0.279 e. The molecule has 5 nitrogen and oxygen atoms in total. The summed E-state index contributed by atoms with van der Waals surface area (Å²) < 4.78 is 0. The van der Waals surface area contributed by atoms with E-state index in [-0.39, 0.29) is 11.0 Å². The molecule has 0 aliphatic carbocycles. The van der Waals surface area contributed by atoms with Crippen LogP contribution in [-0.4, -0.2) is 16.1 Å². The van der Waals surface area contributed by atoms with E-state index in [0.29, 0.717) is 11.6 Å². The summed E-state index contributed by atoms with van der Waals surface area (Å²) in [5.41, 5.74) is 6.26. The molecule has 1 aromatic heterocycles. The van der Waals surface area contributed by atoms with Crippen molar-refractivity contribution in [1.29, 1.82) is 0 Å². The first-order valence-electron chi connectivity index (χ1n) is 5.67. The lowest BCUT2D eigenvalue weighted by molar-refractivity contribution is 0.0999. The minimum Gasteiger partial charge on any atom is -0.363 e. The van der Waals surface area contributed by atoms with Crippen LogP contribution < -0.4 is 11.1 Å². The number of carbonyl (C=O) groups is 1. The predicted molar refractivity (Wildman–Crippen MR) is 75.1 cm³/mol. The Labute approximate surface area is 119 Å². The van der Waals surface area contributed by atoms with Crippen molar-refractivity contribution in [2.24, 2.45) is 5.73 Å². The molecule has 0 saturated heterocycles. The molecule has 0 aliphatic rings. The van der Waals surface area contributed by atoms with Gasteiger partial charge < -0.3 is 11.1 Å². The lowest BCUT2D eigenvalue weighted by Crippen LogP contribution is -2.17. The number of nitrogens with one attached hydrogen (secondary N) is 1. The van der Waals surface area contributed by atoms with Crippen molar-refractivity contribution in [3.05, 3.63) is 44.9 Å². The lowest BCUT2D eigenvalue weighted by atomic mass is 10.2. The number of hydrogen-bond acceptors (Lipinski definition) is 5. The zero-order valence-electron chi connectivity index (χ0n) is 10.3. The van der Waals surface area contributed by atoms with Gasteiger partial charge in [0.2, 0.25) is 5.01 Å². The van der Waals surface area contributed by atoms with Crippen LogP contribution >= 0.6 is 22.9 Å². The highest BCUT2D eigenvalue weighted by Gasteiger charge is 2.14. The molecule has 0 radical (unpaired) electrons. The summed E-state index contributed by atoms with van der Waals surface area (Å²) in [4.78, 5) is 10.9. The number of nitrogens with two attached hydrogens (primary N) is 1. The Balaban J connectivity index is 1.95. The van der Waals surface area contributed by atoms with Crippen molar-refractivity contribution >= 4 is 28.8 Å².